The lowest BCUT2D eigenvalue weighted by molar-refractivity contribution is -0.133. The number of ether oxygens (including phenoxy) is 1. The molecular weight excluding hydrogens is 240 g/mol. The number of nitrogens with zero attached hydrogens (tertiary/aromatic N) is 1. The summed E-state index contributed by atoms with van der Waals surface area (Å²) in [6.07, 6.45) is 1.62. The Bertz CT molecular complexity index is 420. The third kappa shape index (κ3) is 3.70. The topological polar surface area (TPSA) is 55.6 Å². The van der Waals surface area contributed by atoms with Gasteiger partial charge in [0.25, 0.3) is 0 Å². The Hall–Kier alpha value is -1.55. The minimum Gasteiger partial charge on any atom is -0.496 e. The number of amides is 1. The highest BCUT2D eigenvalue weighted by Crippen LogP contribution is 2.28. The Morgan fingerprint density at radius 2 is 2.05 bits per heavy atom. The molecule has 0 bridgehead atoms. The van der Waals surface area contributed by atoms with Crippen LogP contribution in [0.5, 0.6) is 5.75 Å². The number of carbonyl (C=O) groups is 1. The smallest absolute Gasteiger partial charge is 0.239 e. The highest BCUT2D eigenvalue weighted by molar-refractivity contribution is 5.81. The van der Waals surface area contributed by atoms with Gasteiger partial charge in [-0.2, -0.15) is 0 Å². The maximum Gasteiger partial charge on any atom is 0.239 e. The predicted octanol–water partition coefficient (Wildman–Crippen LogP) is 2.34. The number of carbonyl (C=O) groups excluding carboxylic acids is 1. The van der Waals surface area contributed by atoms with Crippen LogP contribution in [0.25, 0.3) is 0 Å². The lowest BCUT2D eigenvalue weighted by Crippen LogP contribution is -2.42. The Morgan fingerprint density at radius 3 is 2.63 bits per heavy atom. The maximum absolute atomic E-state index is 12.2. The zero-order valence-corrected chi connectivity index (χ0v) is 12.2. The lowest BCUT2D eigenvalue weighted by Gasteiger charge is -2.28. The van der Waals surface area contributed by atoms with Crippen molar-refractivity contribution in [2.24, 2.45) is 5.73 Å². The number of methoxy groups -OCH3 is 1. The molecule has 0 aliphatic rings. The molecule has 0 spiro atoms. The zero-order valence-electron chi connectivity index (χ0n) is 12.2. The fourth-order valence-corrected chi connectivity index (χ4v) is 2.11. The van der Waals surface area contributed by atoms with E-state index in [1.165, 1.54) is 0 Å². The van der Waals surface area contributed by atoms with Gasteiger partial charge in [-0.15, -0.1) is 0 Å². The summed E-state index contributed by atoms with van der Waals surface area (Å²) in [5.41, 5.74) is 6.88. The zero-order chi connectivity index (χ0) is 14.4. The number of hydrogen-bond acceptors (Lipinski definition) is 3. The average Bonchev–Trinajstić information content (AvgIpc) is 2.45. The first-order valence-electron chi connectivity index (χ1n) is 6.68. The van der Waals surface area contributed by atoms with Crippen LogP contribution in [0.3, 0.4) is 0 Å². The first-order chi connectivity index (χ1) is 9.02. The van der Waals surface area contributed by atoms with Crippen LogP contribution in [0.4, 0.5) is 0 Å². The molecule has 0 radical (unpaired) electrons. The summed E-state index contributed by atoms with van der Waals surface area (Å²) < 4.78 is 5.34. The van der Waals surface area contributed by atoms with Gasteiger partial charge in [-0.1, -0.05) is 31.5 Å². The van der Waals surface area contributed by atoms with Crippen LogP contribution in [0, 0.1) is 0 Å². The summed E-state index contributed by atoms with van der Waals surface area (Å²) in [7, 11) is 3.42. The number of likely N-dealkylation sites (N-methyl/N-ethyl adjacent to an activating group) is 1. The van der Waals surface area contributed by atoms with Crippen LogP contribution in [-0.4, -0.2) is 31.0 Å². The number of nitrogens with two attached hydrogens (primary N) is 1. The molecule has 0 fully saturated rings. The van der Waals surface area contributed by atoms with Crippen LogP contribution in [0.15, 0.2) is 24.3 Å². The first kappa shape index (κ1) is 15.5. The van der Waals surface area contributed by atoms with Gasteiger partial charge in [-0.25, -0.2) is 0 Å². The highest BCUT2D eigenvalue weighted by Gasteiger charge is 2.23. The fraction of sp³-hybridized carbons (Fsp3) is 0.533. The average molecular weight is 264 g/mol. The first-order valence-corrected chi connectivity index (χ1v) is 6.68. The summed E-state index contributed by atoms with van der Waals surface area (Å²) >= 11 is 0. The second-order valence-electron chi connectivity index (χ2n) is 4.76. The van der Waals surface area contributed by atoms with Crippen LogP contribution in [0.2, 0.25) is 0 Å². The molecule has 4 heteroatoms. The summed E-state index contributed by atoms with van der Waals surface area (Å²) in [6.45, 7) is 4.01. The van der Waals surface area contributed by atoms with Gasteiger partial charge in [0.05, 0.1) is 19.2 Å². The van der Waals surface area contributed by atoms with Gasteiger partial charge in [0.2, 0.25) is 5.91 Å². The lowest BCUT2D eigenvalue weighted by atomic mass is 10.0. The fourth-order valence-electron chi connectivity index (χ4n) is 2.11. The molecule has 1 unspecified atom stereocenters. The molecule has 1 amide bonds. The molecule has 4 nitrogen and oxygen atoms in total. The van der Waals surface area contributed by atoms with Crippen molar-refractivity contribution in [3.8, 4) is 5.75 Å². The van der Waals surface area contributed by atoms with Crippen LogP contribution in [-0.2, 0) is 4.79 Å². The van der Waals surface area contributed by atoms with E-state index in [0.29, 0.717) is 6.42 Å². The largest absolute Gasteiger partial charge is 0.496 e. The van der Waals surface area contributed by atoms with Gasteiger partial charge in [-0.3, -0.25) is 4.79 Å². The van der Waals surface area contributed by atoms with Gasteiger partial charge in [0, 0.05) is 12.6 Å². The molecule has 0 aliphatic heterocycles. The summed E-state index contributed by atoms with van der Waals surface area (Å²) in [5.74, 6) is 0.763. The molecule has 0 saturated heterocycles. The predicted molar refractivity (Wildman–Crippen MR) is 77.1 cm³/mol. The Labute approximate surface area is 115 Å². The van der Waals surface area contributed by atoms with Crippen molar-refractivity contribution in [2.45, 2.75) is 38.8 Å². The maximum atomic E-state index is 12.2. The van der Waals surface area contributed by atoms with E-state index < -0.39 is 6.04 Å². The Morgan fingerprint density at radius 1 is 1.42 bits per heavy atom. The van der Waals surface area contributed by atoms with E-state index in [1.54, 1.807) is 19.1 Å². The molecule has 2 atom stereocenters. The van der Waals surface area contributed by atoms with Crippen molar-refractivity contribution in [3.05, 3.63) is 29.8 Å². The number of rotatable bonds is 6. The summed E-state index contributed by atoms with van der Waals surface area (Å²) in [6, 6.07) is 7.24. The molecule has 1 aromatic rings. The minimum absolute atomic E-state index is 0.0275. The molecule has 0 aliphatic carbocycles. The molecule has 2 N–H and O–H groups in total. The molecule has 0 saturated carbocycles. The summed E-state index contributed by atoms with van der Waals surface area (Å²) in [4.78, 5) is 13.9. The van der Waals surface area contributed by atoms with E-state index in [4.69, 9.17) is 10.5 Å². The van der Waals surface area contributed by atoms with E-state index in [-0.39, 0.29) is 11.9 Å². The molecule has 0 heterocycles. The van der Waals surface area contributed by atoms with Crippen molar-refractivity contribution in [1.29, 1.82) is 0 Å². The monoisotopic (exact) mass is 264 g/mol. The van der Waals surface area contributed by atoms with Gasteiger partial charge >= 0.3 is 0 Å². The van der Waals surface area contributed by atoms with E-state index >= 15 is 0 Å². The van der Waals surface area contributed by atoms with Gasteiger partial charge in [0.15, 0.2) is 0 Å². The molecular formula is C15H24N2O2. The number of benzene rings is 1. The van der Waals surface area contributed by atoms with E-state index in [2.05, 4.69) is 0 Å². The number of hydrogen-bond donors (Lipinski definition) is 1. The molecule has 1 aromatic carbocycles. The standard InChI is InChI=1S/C15H24N2O2/c1-5-8-13(16)15(18)17(3)11(2)12-9-6-7-10-14(12)19-4/h6-7,9-11,13H,5,8,16H2,1-4H3/t11?,13-/m1/s1. The molecule has 0 aromatic heterocycles. The van der Waals surface area contributed by atoms with E-state index in [1.807, 2.05) is 38.1 Å². The van der Waals surface area contributed by atoms with Crippen LogP contribution >= 0.6 is 0 Å². The van der Waals surface area contributed by atoms with Crippen molar-refractivity contribution in [1.82, 2.24) is 4.90 Å². The SMILES string of the molecule is CCC[C@@H](N)C(=O)N(C)C(C)c1ccccc1OC. The highest BCUT2D eigenvalue weighted by atomic mass is 16.5. The van der Waals surface area contributed by atoms with Crippen LogP contribution < -0.4 is 10.5 Å². The molecule has 1 rings (SSSR count). The molecule has 106 valence electrons. The quantitative estimate of drug-likeness (QED) is 0.858. The third-order valence-electron chi connectivity index (χ3n) is 3.43. The van der Waals surface area contributed by atoms with Crippen molar-refractivity contribution < 1.29 is 9.53 Å². The normalized spacial score (nSPS) is 13.7. The second-order valence-corrected chi connectivity index (χ2v) is 4.76. The second kappa shape index (κ2) is 7.14. The van der Waals surface area contributed by atoms with Crippen molar-refractivity contribution >= 4 is 5.91 Å². The van der Waals surface area contributed by atoms with Gasteiger partial charge in [0.1, 0.15) is 5.75 Å². The minimum atomic E-state index is -0.424. The molecule has 19 heavy (non-hydrogen) atoms. The van der Waals surface area contributed by atoms with Gasteiger partial charge < -0.3 is 15.4 Å². The Balaban J connectivity index is 2.87. The van der Waals surface area contributed by atoms with E-state index in [9.17, 15) is 4.79 Å². The Kier molecular flexibility index (Phi) is 5.83. The van der Waals surface area contributed by atoms with Crippen molar-refractivity contribution in [2.75, 3.05) is 14.2 Å². The third-order valence-corrected chi connectivity index (χ3v) is 3.43. The van der Waals surface area contributed by atoms with Gasteiger partial charge in [-0.05, 0) is 19.4 Å². The van der Waals surface area contributed by atoms with Crippen LogP contribution in [0.1, 0.15) is 38.3 Å². The van der Waals surface area contributed by atoms with Crippen molar-refractivity contribution in [3.63, 3.8) is 0 Å². The van der Waals surface area contributed by atoms with E-state index in [0.717, 1.165) is 17.7 Å². The summed E-state index contributed by atoms with van der Waals surface area (Å²) in [5, 5.41) is 0. The number of para-hydroxylation sites is 1.